The highest BCUT2D eigenvalue weighted by Gasteiger charge is 2.14. The molecule has 1 heterocycles. The smallest absolute Gasteiger partial charge is 0.319 e. The van der Waals surface area contributed by atoms with Gasteiger partial charge in [0, 0.05) is 6.54 Å². The SMILES string of the molecule is COC(=O)CNCc1cc2c(cc1C)OCCO2. The molecule has 0 radical (unpaired) electrons. The number of esters is 1. The second-order valence-corrected chi connectivity index (χ2v) is 4.10. The molecule has 0 unspecified atom stereocenters. The van der Waals surface area contributed by atoms with Crippen LogP contribution in [0.2, 0.25) is 0 Å². The van der Waals surface area contributed by atoms with Gasteiger partial charge in [0.1, 0.15) is 13.2 Å². The van der Waals surface area contributed by atoms with Crippen molar-refractivity contribution in [2.75, 3.05) is 26.9 Å². The van der Waals surface area contributed by atoms with Crippen molar-refractivity contribution >= 4 is 5.97 Å². The highest BCUT2D eigenvalue weighted by atomic mass is 16.6. The zero-order chi connectivity index (χ0) is 13.0. The molecule has 98 valence electrons. The summed E-state index contributed by atoms with van der Waals surface area (Å²) >= 11 is 0. The van der Waals surface area contributed by atoms with Crippen molar-refractivity contribution in [2.45, 2.75) is 13.5 Å². The topological polar surface area (TPSA) is 56.8 Å². The van der Waals surface area contributed by atoms with E-state index in [2.05, 4.69) is 10.1 Å². The number of methoxy groups -OCH3 is 1. The second-order valence-electron chi connectivity index (χ2n) is 4.10. The van der Waals surface area contributed by atoms with E-state index in [4.69, 9.17) is 9.47 Å². The van der Waals surface area contributed by atoms with Crippen LogP contribution in [0.25, 0.3) is 0 Å². The summed E-state index contributed by atoms with van der Waals surface area (Å²) in [7, 11) is 1.37. The fourth-order valence-electron chi connectivity index (χ4n) is 1.79. The van der Waals surface area contributed by atoms with Crippen LogP contribution in [0.5, 0.6) is 11.5 Å². The van der Waals surface area contributed by atoms with E-state index in [0.717, 1.165) is 22.6 Å². The first-order valence-electron chi connectivity index (χ1n) is 5.87. The molecular weight excluding hydrogens is 234 g/mol. The van der Waals surface area contributed by atoms with Crippen molar-refractivity contribution in [3.63, 3.8) is 0 Å². The van der Waals surface area contributed by atoms with Crippen LogP contribution in [-0.2, 0) is 16.1 Å². The first kappa shape index (κ1) is 12.7. The predicted molar refractivity (Wildman–Crippen MR) is 65.9 cm³/mol. The van der Waals surface area contributed by atoms with Gasteiger partial charge in [0.15, 0.2) is 11.5 Å². The molecular formula is C13H17NO4. The number of benzene rings is 1. The predicted octanol–water partition coefficient (Wildman–Crippen LogP) is 1.03. The number of carbonyl (C=O) groups excluding carboxylic acids is 1. The van der Waals surface area contributed by atoms with E-state index in [-0.39, 0.29) is 12.5 Å². The number of rotatable bonds is 4. The molecule has 0 amide bonds. The summed E-state index contributed by atoms with van der Waals surface area (Å²) in [5.74, 6) is 1.28. The molecule has 18 heavy (non-hydrogen) atoms. The molecule has 0 bridgehead atoms. The molecule has 0 saturated carbocycles. The molecule has 0 fully saturated rings. The van der Waals surface area contributed by atoms with E-state index >= 15 is 0 Å². The van der Waals surface area contributed by atoms with Gasteiger partial charge in [-0.15, -0.1) is 0 Å². The van der Waals surface area contributed by atoms with Gasteiger partial charge in [-0.1, -0.05) is 0 Å². The Bertz CT molecular complexity index is 445. The van der Waals surface area contributed by atoms with Crippen molar-refractivity contribution in [1.29, 1.82) is 0 Å². The van der Waals surface area contributed by atoms with Crippen molar-refractivity contribution in [1.82, 2.24) is 5.32 Å². The first-order chi connectivity index (χ1) is 8.70. The third-order valence-corrected chi connectivity index (χ3v) is 2.81. The fourth-order valence-corrected chi connectivity index (χ4v) is 1.79. The average Bonchev–Trinajstić information content (AvgIpc) is 2.39. The number of fused-ring (bicyclic) bond motifs is 1. The Morgan fingerprint density at radius 1 is 1.33 bits per heavy atom. The van der Waals surface area contributed by atoms with Crippen molar-refractivity contribution in [3.8, 4) is 11.5 Å². The molecule has 1 N–H and O–H groups in total. The van der Waals surface area contributed by atoms with Crippen LogP contribution in [0, 0.1) is 6.92 Å². The standard InChI is InChI=1S/C13H17NO4/c1-9-5-11-12(18-4-3-17-11)6-10(9)7-14-8-13(15)16-2/h5-6,14H,3-4,7-8H2,1-2H3. The summed E-state index contributed by atoms with van der Waals surface area (Å²) in [6, 6.07) is 3.91. The Balaban J connectivity index is 2.02. The van der Waals surface area contributed by atoms with Gasteiger partial charge in [-0.3, -0.25) is 4.79 Å². The van der Waals surface area contributed by atoms with Crippen molar-refractivity contribution in [3.05, 3.63) is 23.3 Å². The Kier molecular flexibility index (Phi) is 4.04. The lowest BCUT2D eigenvalue weighted by Gasteiger charge is -2.20. The lowest BCUT2D eigenvalue weighted by atomic mass is 10.1. The minimum atomic E-state index is -0.273. The number of nitrogens with one attached hydrogen (secondary N) is 1. The quantitative estimate of drug-likeness (QED) is 0.810. The summed E-state index contributed by atoms with van der Waals surface area (Å²) in [5.41, 5.74) is 2.19. The van der Waals surface area contributed by atoms with Crippen LogP contribution in [0.3, 0.4) is 0 Å². The number of ether oxygens (including phenoxy) is 3. The van der Waals surface area contributed by atoms with Gasteiger partial charge in [0.05, 0.1) is 13.7 Å². The molecule has 0 saturated heterocycles. The first-order valence-corrected chi connectivity index (χ1v) is 5.87. The van der Waals surface area contributed by atoms with E-state index in [9.17, 15) is 4.79 Å². The Labute approximate surface area is 106 Å². The zero-order valence-corrected chi connectivity index (χ0v) is 10.6. The van der Waals surface area contributed by atoms with Crippen LogP contribution in [0.4, 0.5) is 0 Å². The van der Waals surface area contributed by atoms with E-state index in [0.29, 0.717) is 19.8 Å². The molecule has 5 heteroatoms. The van der Waals surface area contributed by atoms with E-state index in [1.54, 1.807) is 0 Å². The monoisotopic (exact) mass is 251 g/mol. The molecule has 1 aliphatic heterocycles. The number of hydrogen-bond acceptors (Lipinski definition) is 5. The van der Waals surface area contributed by atoms with Crippen LogP contribution in [0.1, 0.15) is 11.1 Å². The van der Waals surface area contributed by atoms with Crippen LogP contribution in [0.15, 0.2) is 12.1 Å². The largest absolute Gasteiger partial charge is 0.486 e. The summed E-state index contributed by atoms with van der Waals surface area (Å²) in [6.45, 7) is 3.97. The lowest BCUT2D eigenvalue weighted by Crippen LogP contribution is -2.24. The minimum Gasteiger partial charge on any atom is -0.486 e. The molecule has 0 aromatic heterocycles. The third-order valence-electron chi connectivity index (χ3n) is 2.81. The van der Waals surface area contributed by atoms with E-state index in [1.165, 1.54) is 7.11 Å². The number of hydrogen-bond donors (Lipinski definition) is 1. The molecule has 0 aliphatic carbocycles. The fraction of sp³-hybridized carbons (Fsp3) is 0.462. The number of aryl methyl sites for hydroxylation is 1. The van der Waals surface area contributed by atoms with Crippen LogP contribution < -0.4 is 14.8 Å². The molecule has 1 aromatic carbocycles. The molecule has 0 spiro atoms. The summed E-state index contributed by atoms with van der Waals surface area (Å²) < 4.78 is 15.6. The van der Waals surface area contributed by atoms with Gasteiger partial charge in [0.25, 0.3) is 0 Å². The average molecular weight is 251 g/mol. The van der Waals surface area contributed by atoms with Gasteiger partial charge in [0.2, 0.25) is 0 Å². The maximum absolute atomic E-state index is 11.0. The van der Waals surface area contributed by atoms with Gasteiger partial charge in [-0.2, -0.15) is 0 Å². The number of carbonyl (C=O) groups is 1. The molecule has 5 nitrogen and oxygen atoms in total. The van der Waals surface area contributed by atoms with Crippen LogP contribution >= 0.6 is 0 Å². The van der Waals surface area contributed by atoms with Gasteiger partial charge < -0.3 is 19.5 Å². The normalized spacial score (nSPS) is 13.2. The third kappa shape index (κ3) is 2.92. The summed E-state index contributed by atoms with van der Waals surface area (Å²) in [4.78, 5) is 11.0. The second kappa shape index (κ2) is 5.73. The van der Waals surface area contributed by atoms with Crippen molar-refractivity contribution < 1.29 is 19.0 Å². The highest BCUT2D eigenvalue weighted by Crippen LogP contribution is 2.32. The molecule has 1 aliphatic rings. The van der Waals surface area contributed by atoms with Crippen molar-refractivity contribution in [2.24, 2.45) is 0 Å². The zero-order valence-electron chi connectivity index (χ0n) is 10.6. The Morgan fingerprint density at radius 2 is 2.00 bits per heavy atom. The molecule has 0 atom stereocenters. The summed E-state index contributed by atoms with van der Waals surface area (Å²) in [5, 5.41) is 3.03. The van der Waals surface area contributed by atoms with Gasteiger partial charge in [-0.25, -0.2) is 0 Å². The van der Waals surface area contributed by atoms with Gasteiger partial charge in [-0.05, 0) is 30.2 Å². The Morgan fingerprint density at radius 3 is 2.67 bits per heavy atom. The Hall–Kier alpha value is -1.75. The van der Waals surface area contributed by atoms with E-state index in [1.807, 2.05) is 19.1 Å². The maximum atomic E-state index is 11.0. The van der Waals surface area contributed by atoms with Crippen LogP contribution in [-0.4, -0.2) is 32.8 Å². The lowest BCUT2D eigenvalue weighted by molar-refractivity contribution is -0.139. The molecule has 2 rings (SSSR count). The summed E-state index contributed by atoms with van der Waals surface area (Å²) in [6.07, 6.45) is 0. The van der Waals surface area contributed by atoms with Gasteiger partial charge >= 0.3 is 5.97 Å². The van der Waals surface area contributed by atoms with E-state index < -0.39 is 0 Å². The highest BCUT2D eigenvalue weighted by molar-refractivity contribution is 5.71. The maximum Gasteiger partial charge on any atom is 0.319 e. The minimum absolute atomic E-state index is 0.199. The molecule has 1 aromatic rings.